The molecular formula is C21H29N3O2. The second-order valence-electron chi connectivity index (χ2n) is 7.17. The van der Waals surface area contributed by atoms with Crippen molar-refractivity contribution in [1.82, 2.24) is 14.7 Å². The Balaban J connectivity index is 1.62. The van der Waals surface area contributed by atoms with Crippen LogP contribution in [0.15, 0.2) is 30.3 Å². The SMILES string of the molecule is CCCO[C@H]1CCCN(C(=O)c2ccc(Cn3nc(C)cc3C)cc2)C1. The molecule has 1 aliphatic rings. The first-order chi connectivity index (χ1) is 12.6. The van der Waals surface area contributed by atoms with Gasteiger partial charge in [0.25, 0.3) is 5.91 Å². The molecule has 5 nitrogen and oxygen atoms in total. The first kappa shape index (κ1) is 18.6. The minimum Gasteiger partial charge on any atom is -0.376 e. The Bertz CT molecular complexity index is 736. The van der Waals surface area contributed by atoms with Gasteiger partial charge in [0.1, 0.15) is 0 Å². The van der Waals surface area contributed by atoms with Gasteiger partial charge >= 0.3 is 0 Å². The lowest BCUT2D eigenvalue weighted by atomic mass is 10.1. The quantitative estimate of drug-likeness (QED) is 0.796. The summed E-state index contributed by atoms with van der Waals surface area (Å²) in [5.74, 6) is 0.104. The molecule has 0 unspecified atom stereocenters. The number of carbonyl (C=O) groups is 1. The molecule has 1 aromatic carbocycles. The van der Waals surface area contributed by atoms with E-state index < -0.39 is 0 Å². The molecule has 1 aliphatic heterocycles. The Kier molecular flexibility index (Phi) is 6.09. The molecule has 0 bridgehead atoms. The van der Waals surface area contributed by atoms with E-state index in [0.717, 1.165) is 61.5 Å². The first-order valence-corrected chi connectivity index (χ1v) is 9.57. The number of aromatic nitrogens is 2. The van der Waals surface area contributed by atoms with Crippen LogP contribution in [0.3, 0.4) is 0 Å². The third-order valence-corrected chi connectivity index (χ3v) is 4.86. The van der Waals surface area contributed by atoms with E-state index in [2.05, 4.69) is 25.0 Å². The van der Waals surface area contributed by atoms with Crippen molar-refractivity contribution in [1.29, 1.82) is 0 Å². The fourth-order valence-electron chi connectivity index (χ4n) is 3.49. The minimum absolute atomic E-state index is 0.104. The lowest BCUT2D eigenvalue weighted by Gasteiger charge is -2.32. The number of amides is 1. The zero-order valence-corrected chi connectivity index (χ0v) is 16.1. The van der Waals surface area contributed by atoms with Gasteiger partial charge in [-0.3, -0.25) is 9.48 Å². The maximum Gasteiger partial charge on any atom is 0.253 e. The highest BCUT2D eigenvalue weighted by Gasteiger charge is 2.24. The van der Waals surface area contributed by atoms with E-state index in [1.807, 2.05) is 40.8 Å². The summed E-state index contributed by atoms with van der Waals surface area (Å²) in [7, 11) is 0. The van der Waals surface area contributed by atoms with Gasteiger partial charge in [-0.25, -0.2) is 0 Å². The van der Waals surface area contributed by atoms with E-state index in [0.29, 0.717) is 6.54 Å². The predicted octanol–water partition coefficient (Wildman–Crippen LogP) is 3.58. The van der Waals surface area contributed by atoms with Gasteiger partial charge in [-0.1, -0.05) is 19.1 Å². The third kappa shape index (κ3) is 4.52. The molecular weight excluding hydrogens is 326 g/mol. The predicted molar refractivity (Wildman–Crippen MR) is 102 cm³/mol. The summed E-state index contributed by atoms with van der Waals surface area (Å²) < 4.78 is 7.84. The molecule has 3 rings (SSSR count). The number of piperidine rings is 1. The van der Waals surface area contributed by atoms with Crippen LogP contribution in [-0.4, -0.2) is 46.4 Å². The largest absolute Gasteiger partial charge is 0.376 e. The van der Waals surface area contributed by atoms with Crippen LogP contribution in [0.5, 0.6) is 0 Å². The summed E-state index contributed by atoms with van der Waals surface area (Å²) in [6, 6.07) is 9.99. The van der Waals surface area contributed by atoms with Crippen molar-refractivity contribution in [3.8, 4) is 0 Å². The van der Waals surface area contributed by atoms with Crippen LogP contribution in [0.25, 0.3) is 0 Å². The molecule has 1 saturated heterocycles. The van der Waals surface area contributed by atoms with Crippen molar-refractivity contribution in [3.05, 3.63) is 52.8 Å². The van der Waals surface area contributed by atoms with Crippen LogP contribution in [-0.2, 0) is 11.3 Å². The summed E-state index contributed by atoms with van der Waals surface area (Å²) in [6.45, 7) is 9.19. The van der Waals surface area contributed by atoms with Gasteiger partial charge in [-0.15, -0.1) is 0 Å². The number of carbonyl (C=O) groups excluding carboxylic acids is 1. The molecule has 1 fully saturated rings. The number of ether oxygens (including phenoxy) is 1. The fraction of sp³-hybridized carbons (Fsp3) is 0.524. The van der Waals surface area contributed by atoms with Crippen molar-refractivity contribution in [2.24, 2.45) is 0 Å². The molecule has 0 N–H and O–H groups in total. The molecule has 2 heterocycles. The zero-order valence-electron chi connectivity index (χ0n) is 16.1. The number of rotatable bonds is 6. The van der Waals surface area contributed by atoms with Crippen LogP contribution in [0.2, 0.25) is 0 Å². The lowest BCUT2D eigenvalue weighted by molar-refractivity contribution is 0.00211. The first-order valence-electron chi connectivity index (χ1n) is 9.57. The van der Waals surface area contributed by atoms with Gasteiger partial charge in [-0.2, -0.15) is 5.10 Å². The van der Waals surface area contributed by atoms with Gasteiger partial charge in [0.05, 0.1) is 18.3 Å². The number of hydrogen-bond donors (Lipinski definition) is 0. The Morgan fingerprint density at radius 1 is 1.27 bits per heavy atom. The van der Waals surface area contributed by atoms with Crippen LogP contribution in [0.1, 0.15) is 53.5 Å². The van der Waals surface area contributed by atoms with Gasteiger partial charge in [0.15, 0.2) is 0 Å². The molecule has 2 aromatic rings. The zero-order chi connectivity index (χ0) is 18.5. The van der Waals surface area contributed by atoms with Gasteiger partial charge in [-0.05, 0) is 56.9 Å². The monoisotopic (exact) mass is 355 g/mol. The van der Waals surface area contributed by atoms with E-state index in [4.69, 9.17) is 4.74 Å². The molecule has 1 aromatic heterocycles. The number of likely N-dealkylation sites (tertiary alicyclic amines) is 1. The Labute approximate surface area is 156 Å². The topological polar surface area (TPSA) is 47.4 Å². The number of benzene rings is 1. The Morgan fingerprint density at radius 2 is 2.04 bits per heavy atom. The molecule has 0 radical (unpaired) electrons. The second kappa shape index (κ2) is 8.49. The standard InChI is InChI=1S/C21H29N3O2/c1-4-12-26-20-6-5-11-23(15-20)21(25)19-9-7-18(8-10-19)14-24-17(3)13-16(2)22-24/h7-10,13,20H,4-6,11-12,14-15H2,1-3H3/t20-/m0/s1. The molecule has 1 amide bonds. The van der Waals surface area contributed by atoms with Crippen molar-refractivity contribution < 1.29 is 9.53 Å². The van der Waals surface area contributed by atoms with Crippen LogP contribution >= 0.6 is 0 Å². The van der Waals surface area contributed by atoms with E-state index in [1.54, 1.807) is 0 Å². The van der Waals surface area contributed by atoms with Gasteiger partial charge < -0.3 is 9.64 Å². The normalized spacial score (nSPS) is 17.5. The summed E-state index contributed by atoms with van der Waals surface area (Å²) in [5, 5.41) is 4.50. The van der Waals surface area contributed by atoms with Gasteiger partial charge in [0.2, 0.25) is 0 Å². The maximum atomic E-state index is 12.8. The third-order valence-electron chi connectivity index (χ3n) is 4.86. The summed E-state index contributed by atoms with van der Waals surface area (Å²) in [6.07, 6.45) is 3.25. The average Bonchev–Trinajstić information content (AvgIpc) is 2.97. The number of nitrogens with zero attached hydrogens (tertiary/aromatic N) is 3. The van der Waals surface area contributed by atoms with Crippen LogP contribution in [0.4, 0.5) is 0 Å². The molecule has 140 valence electrons. The van der Waals surface area contributed by atoms with E-state index >= 15 is 0 Å². The molecule has 0 aliphatic carbocycles. The molecule has 5 heteroatoms. The molecule has 1 atom stereocenters. The van der Waals surface area contributed by atoms with E-state index in [9.17, 15) is 4.79 Å². The second-order valence-corrected chi connectivity index (χ2v) is 7.17. The minimum atomic E-state index is 0.104. The van der Waals surface area contributed by atoms with E-state index in [-0.39, 0.29) is 12.0 Å². The van der Waals surface area contributed by atoms with Crippen molar-refractivity contribution in [3.63, 3.8) is 0 Å². The maximum absolute atomic E-state index is 12.8. The fourth-order valence-corrected chi connectivity index (χ4v) is 3.49. The number of hydrogen-bond acceptors (Lipinski definition) is 3. The summed E-state index contributed by atoms with van der Waals surface area (Å²) in [4.78, 5) is 14.7. The van der Waals surface area contributed by atoms with Crippen LogP contribution in [0, 0.1) is 13.8 Å². The molecule has 26 heavy (non-hydrogen) atoms. The van der Waals surface area contributed by atoms with Gasteiger partial charge in [0, 0.05) is 31.0 Å². The summed E-state index contributed by atoms with van der Waals surface area (Å²) in [5.41, 5.74) is 4.07. The van der Waals surface area contributed by atoms with E-state index in [1.165, 1.54) is 0 Å². The summed E-state index contributed by atoms with van der Waals surface area (Å²) >= 11 is 0. The van der Waals surface area contributed by atoms with Crippen molar-refractivity contribution in [2.75, 3.05) is 19.7 Å². The Hall–Kier alpha value is -2.14. The number of aryl methyl sites for hydroxylation is 2. The lowest BCUT2D eigenvalue weighted by Crippen LogP contribution is -2.43. The average molecular weight is 355 g/mol. The van der Waals surface area contributed by atoms with Crippen LogP contribution < -0.4 is 0 Å². The molecule has 0 saturated carbocycles. The van der Waals surface area contributed by atoms with Crippen molar-refractivity contribution >= 4 is 5.91 Å². The smallest absolute Gasteiger partial charge is 0.253 e. The van der Waals surface area contributed by atoms with Crippen molar-refractivity contribution in [2.45, 2.75) is 52.7 Å². The highest BCUT2D eigenvalue weighted by molar-refractivity contribution is 5.94. The highest BCUT2D eigenvalue weighted by Crippen LogP contribution is 2.17. The Morgan fingerprint density at radius 3 is 2.69 bits per heavy atom. The molecule has 0 spiro atoms. The highest BCUT2D eigenvalue weighted by atomic mass is 16.5.